The zero-order valence-electron chi connectivity index (χ0n) is 14.5. The van der Waals surface area contributed by atoms with Crippen molar-refractivity contribution in [3.63, 3.8) is 0 Å². The second kappa shape index (κ2) is 6.97. The van der Waals surface area contributed by atoms with Crippen molar-refractivity contribution in [2.75, 3.05) is 5.32 Å². The van der Waals surface area contributed by atoms with Crippen LogP contribution in [-0.4, -0.2) is 19.5 Å². The second-order valence-electron chi connectivity index (χ2n) is 6.13. The summed E-state index contributed by atoms with van der Waals surface area (Å²) in [6.45, 7) is -0.121. The van der Waals surface area contributed by atoms with Crippen molar-refractivity contribution in [2.24, 2.45) is 0 Å². The Morgan fingerprint density at radius 1 is 1.04 bits per heavy atom. The normalized spacial score (nSPS) is 11.7. The Balaban J connectivity index is 1.76. The Labute approximate surface area is 158 Å². The van der Waals surface area contributed by atoms with Crippen molar-refractivity contribution < 1.29 is 18.3 Å². The molecule has 0 radical (unpaired) electrons. The van der Waals surface area contributed by atoms with Crippen LogP contribution in [0.5, 0.6) is 0 Å². The van der Waals surface area contributed by atoms with Gasteiger partial charge in [-0.25, -0.2) is 9.97 Å². The average molecular weight is 384 g/mol. The number of halogens is 3. The number of rotatable bonds is 4. The summed E-state index contributed by atoms with van der Waals surface area (Å²) in [6.07, 6.45) is 0.466. The van der Waals surface area contributed by atoms with Gasteiger partial charge in [0, 0.05) is 23.6 Å². The van der Waals surface area contributed by atoms with Gasteiger partial charge in [0.25, 0.3) is 0 Å². The van der Waals surface area contributed by atoms with Gasteiger partial charge in [-0.3, -0.25) is 4.40 Å². The van der Waals surface area contributed by atoms with Gasteiger partial charge in [0.05, 0.1) is 24.1 Å². The Morgan fingerprint density at radius 2 is 1.86 bits per heavy atom. The zero-order valence-corrected chi connectivity index (χ0v) is 14.5. The molecule has 0 saturated heterocycles. The van der Waals surface area contributed by atoms with Crippen LogP contribution in [-0.2, 0) is 12.8 Å². The average Bonchev–Trinajstić information content (AvgIpc) is 3.12. The summed E-state index contributed by atoms with van der Waals surface area (Å²) in [4.78, 5) is 8.59. The van der Waals surface area contributed by atoms with Gasteiger partial charge in [0.2, 0.25) is 0 Å². The predicted molar refractivity (Wildman–Crippen MR) is 99.1 cm³/mol. The van der Waals surface area contributed by atoms with Crippen molar-refractivity contribution in [3.8, 4) is 11.3 Å². The topological polar surface area (TPSA) is 62.5 Å². The number of aliphatic hydroxyl groups is 1. The lowest BCUT2D eigenvalue weighted by Crippen LogP contribution is -2.05. The molecule has 0 saturated carbocycles. The molecule has 2 aromatic heterocycles. The van der Waals surface area contributed by atoms with E-state index in [1.807, 2.05) is 24.3 Å². The quantitative estimate of drug-likeness (QED) is 0.538. The molecule has 0 atom stereocenters. The maximum absolute atomic E-state index is 12.9. The summed E-state index contributed by atoms with van der Waals surface area (Å²) in [6, 6.07) is 12.3. The molecule has 4 rings (SSSR count). The first-order chi connectivity index (χ1) is 13.5. The molecule has 8 heteroatoms. The van der Waals surface area contributed by atoms with E-state index in [0.717, 1.165) is 29.0 Å². The number of aliphatic hydroxyl groups excluding tert-OH is 1. The minimum Gasteiger partial charge on any atom is -0.392 e. The molecule has 2 N–H and O–H groups in total. The van der Waals surface area contributed by atoms with E-state index in [1.54, 1.807) is 16.8 Å². The minimum absolute atomic E-state index is 0.121. The highest BCUT2D eigenvalue weighted by atomic mass is 19.4. The standard InChI is InChI=1S/C20H15F3N4O/c21-20(22,23)14-5-3-6-15(10-14)26-18-19-25-11-17(27(19)9-8-24-18)16-7-2-1-4-13(16)12-28/h1-11,28H,12H2,(H,24,26). The minimum atomic E-state index is -4.42. The Kier molecular flexibility index (Phi) is 4.48. The summed E-state index contributed by atoms with van der Waals surface area (Å²) in [5, 5.41) is 12.5. The summed E-state index contributed by atoms with van der Waals surface area (Å²) < 4.78 is 40.6. The fraction of sp³-hybridized carbons (Fsp3) is 0.100. The van der Waals surface area contributed by atoms with Crippen LogP contribution in [0.15, 0.2) is 67.1 Å². The van der Waals surface area contributed by atoms with Gasteiger partial charge in [-0.15, -0.1) is 0 Å². The molecular weight excluding hydrogens is 369 g/mol. The Hall–Kier alpha value is -3.39. The molecule has 0 amide bonds. The molecule has 5 nitrogen and oxygen atoms in total. The molecule has 4 aromatic rings. The monoisotopic (exact) mass is 384 g/mol. The first-order valence-corrected chi connectivity index (χ1v) is 8.43. The van der Waals surface area contributed by atoms with Crippen molar-refractivity contribution in [1.82, 2.24) is 14.4 Å². The van der Waals surface area contributed by atoms with Crippen molar-refractivity contribution in [1.29, 1.82) is 0 Å². The molecule has 2 aromatic carbocycles. The summed E-state index contributed by atoms with van der Waals surface area (Å²) in [7, 11) is 0. The third-order valence-electron chi connectivity index (χ3n) is 4.34. The highest BCUT2D eigenvalue weighted by Crippen LogP contribution is 2.32. The first kappa shape index (κ1) is 18.0. The third-order valence-corrected chi connectivity index (χ3v) is 4.34. The maximum Gasteiger partial charge on any atom is 0.416 e. The number of nitrogens with one attached hydrogen (secondary N) is 1. The highest BCUT2D eigenvalue weighted by molar-refractivity contribution is 5.75. The number of hydrogen-bond acceptors (Lipinski definition) is 4. The van der Waals surface area contributed by atoms with E-state index in [4.69, 9.17) is 0 Å². The molecule has 0 aliphatic rings. The molecule has 0 bridgehead atoms. The van der Waals surface area contributed by atoms with Crippen LogP contribution in [0.25, 0.3) is 16.9 Å². The largest absolute Gasteiger partial charge is 0.416 e. The van der Waals surface area contributed by atoms with Crippen molar-refractivity contribution in [3.05, 3.63) is 78.2 Å². The number of anilines is 2. The van der Waals surface area contributed by atoms with Crippen LogP contribution < -0.4 is 5.32 Å². The molecule has 142 valence electrons. The number of benzene rings is 2. The van der Waals surface area contributed by atoms with Gasteiger partial charge in [-0.05, 0) is 23.8 Å². The van der Waals surface area contributed by atoms with Crippen LogP contribution in [0.4, 0.5) is 24.7 Å². The number of alkyl halides is 3. The molecule has 0 unspecified atom stereocenters. The molecule has 2 heterocycles. The Morgan fingerprint density at radius 3 is 2.64 bits per heavy atom. The summed E-state index contributed by atoms with van der Waals surface area (Å²) in [5.74, 6) is 0.328. The van der Waals surface area contributed by atoms with Crippen LogP contribution in [0.3, 0.4) is 0 Å². The maximum atomic E-state index is 12.9. The van der Waals surface area contributed by atoms with Crippen molar-refractivity contribution >= 4 is 17.2 Å². The fourth-order valence-corrected chi connectivity index (χ4v) is 3.02. The number of nitrogens with zero attached hydrogens (tertiary/aromatic N) is 3. The lowest BCUT2D eigenvalue weighted by molar-refractivity contribution is -0.137. The van der Waals surface area contributed by atoms with Gasteiger partial charge in [0.15, 0.2) is 11.5 Å². The molecule has 28 heavy (non-hydrogen) atoms. The second-order valence-corrected chi connectivity index (χ2v) is 6.13. The van der Waals surface area contributed by atoms with E-state index in [2.05, 4.69) is 15.3 Å². The predicted octanol–water partition coefficient (Wildman–Crippen LogP) is 4.65. The van der Waals surface area contributed by atoms with E-state index in [0.29, 0.717) is 11.5 Å². The van der Waals surface area contributed by atoms with Gasteiger partial charge in [0.1, 0.15) is 0 Å². The lowest BCUT2D eigenvalue weighted by atomic mass is 10.1. The molecular formula is C20H15F3N4O. The van der Waals surface area contributed by atoms with Gasteiger partial charge >= 0.3 is 6.18 Å². The van der Waals surface area contributed by atoms with Crippen LogP contribution in [0.1, 0.15) is 11.1 Å². The summed E-state index contributed by atoms with van der Waals surface area (Å²) in [5.41, 5.74) is 2.28. The zero-order chi connectivity index (χ0) is 19.7. The first-order valence-electron chi connectivity index (χ1n) is 8.43. The Bertz CT molecular complexity index is 1140. The number of fused-ring (bicyclic) bond motifs is 1. The smallest absolute Gasteiger partial charge is 0.392 e. The van der Waals surface area contributed by atoms with E-state index >= 15 is 0 Å². The van der Waals surface area contributed by atoms with E-state index in [1.165, 1.54) is 18.3 Å². The highest BCUT2D eigenvalue weighted by Gasteiger charge is 2.30. The molecule has 0 fully saturated rings. The number of aromatic nitrogens is 3. The number of imidazole rings is 1. The van der Waals surface area contributed by atoms with Gasteiger partial charge in [-0.1, -0.05) is 30.3 Å². The van der Waals surface area contributed by atoms with Crippen LogP contribution in [0, 0.1) is 0 Å². The van der Waals surface area contributed by atoms with E-state index in [-0.39, 0.29) is 12.3 Å². The van der Waals surface area contributed by atoms with Crippen LogP contribution >= 0.6 is 0 Å². The van der Waals surface area contributed by atoms with Gasteiger partial charge in [-0.2, -0.15) is 13.2 Å². The van der Waals surface area contributed by atoms with Crippen LogP contribution in [0.2, 0.25) is 0 Å². The van der Waals surface area contributed by atoms with Crippen molar-refractivity contribution in [2.45, 2.75) is 12.8 Å². The SMILES string of the molecule is OCc1ccccc1-c1cnc2c(Nc3cccc(C(F)(F)F)c3)nccn12. The third kappa shape index (κ3) is 3.29. The molecule has 0 aliphatic carbocycles. The fourth-order valence-electron chi connectivity index (χ4n) is 3.02. The van der Waals surface area contributed by atoms with E-state index < -0.39 is 11.7 Å². The van der Waals surface area contributed by atoms with Gasteiger partial charge < -0.3 is 10.4 Å². The van der Waals surface area contributed by atoms with E-state index in [9.17, 15) is 18.3 Å². The number of hydrogen-bond donors (Lipinski definition) is 2. The molecule has 0 aliphatic heterocycles. The lowest BCUT2D eigenvalue weighted by Gasteiger charge is -2.11. The molecule has 0 spiro atoms. The summed E-state index contributed by atoms with van der Waals surface area (Å²) >= 11 is 0.